The van der Waals surface area contributed by atoms with Crippen molar-refractivity contribution in [3.8, 4) is 0 Å². The van der Waals surface area contributed by atoms with Gasteiger partial charge in [0.25, 0.3) is 0 Å². The lowest BCUT2D eigenvalue weighted by atomic mass is 9.92. The van der Waals surface area contributed by atoms with E-state index in [9.17, 15) is 0 Å². The maximum atomic E-state index is 4.61. The SMILES string of the molecule is CC(C)(C)c1cnc2n1CCN(C(C)(C)C)C2. The molecule has 0 radical (unpaired) electrons. The summed E-state index contributed by atoms with van der Waals surface area (Å²) in [5, 5.41) is 0. The van der Waals surface area contributed by atoms with Gasteiger partial charge in [-0.1, -0.05) is 20.8 Å². The van der Waals surface area contributed by atoms with Gasteiger partial charge in [0.1, 0.15) is 5.82 Å². The van der Waals surface area contributed by atoms with Crippen molar-refractivity contribution in [2.45, 2.75) is 65.6 Å². The molecule has 96 valence electrons. The van der Waals surface area contributed by atoms with Crippen LogP contribution in [0, 0.1) is 0 Å². The Kier molecular flexibility index (Phi) is 2.85. The molecule has 0 fully saturated rings. The van der Waals surface area contributed by atoms with E-state index < -0.39 is 0 Å². The van der Waals surface area contributed by atoms with Crippen LogP contribution in [0.1, 0.15) is 53.1 Å². The average molecular weight is 235 g/mol. The zero-order chi connectivity index (χ0) is 12.8. The Morgan fingerprint density at radius 1 is 1.06 bits per heavy atom. The minimum Gasteiger partial charge on any atom is -0.329 e. The zero-order valence-corrected chi connectivity index (χ0v) is 12.0. The van der Waals surface area contributed by atoms with E-state index in [4.69, 9.17) is 0 Å². The van der Waals surface area contributed by atoms with Crippen LogP contribution in [0.2, 0.25) is 0 Å². The minimum atomic E-state index is 0.190. The Morgan fingerprint density at radius 3 is 2.24 bits per heavy atom. The molecule has 2 heterocycles. The maximum absolute atomic E-state index is 4.61. The Balaban J connectivity index is 2.28. The highest BCUT2D eigenvalue weighted by Crippen LogP contribution is 2.27. The van der Waals surface area contributed by atoms with Crippen molar-refractivity contribution < 1.29 is 0 Å². The molecular weight excluding hydrogens is 210 g/mol. The number of aromatic nitrogens is 2. The molecule has 17 heavy (non-hydrogen) atoms. The van der Waals surface area contributed by atoms with Gasteiger partial charge in [0.2, 0.25) is 0 Å². The van der Waals surface area contributed by atoms with Gasteiger partial charge < -0.3 is 4.57 Å². The second-order valence-corrected chi connectivity index (χ2v) is 7.05. The van der Waals surface area contributed by atoms with Crippen LogP contribution in [-0.4, -0.2) is 26.5 Å². The first-order chi connectivity index (χ1) is 7.69. The summed E-state index contributed by atoms with van der Waals surface area (Å²) in [6.07, 6.45) is 2.06. The predicted molar refractivity (Wildman–Crippen MR) is 71.1 cm³/mol. The molecule has 1 aromatic heterocycles. The van der Waals surface area contributed by atoms with E-state index in [1.807, 2.05) is 0 Å². The Labute approximate surface area is 105 Å². The molecule has 2 rings (SSSR count). The largest absolute Gasteiger partial charge is 0.329 e. The highest BCUT2D eigenvalue weighted by Gasteiger charge is 2.29. The van der Waals surface area contributed by atoms with E-state index in [1.165, 1.54) is 11.5 Å². The molecule has 1 aliphatic rings. The van der Waals surface area contributed by atoms with E-state index in [1.54, 1.807) is 0 Å². The summed E-state index contributed by atoms with van der Waals surface area (Å²) in [6.45, 7) is 16.8. The Bertz CT molecular complexity index is 404. The molecule has 3 heteroatoms. The summed E-state index contributed by atoms with van der Waals surface area (Å²) in [5.74, 6) is 1.22. The van der Waals surface area contributed by atoms with Crippen LogP contribution in [0.15, 0.2) is 6.20 Å². The molecule has 0 bridgehead atoms. The van der Waals surface area contributed by atoms with Gasteiger partial charge in [0.15, 0.2) is 0 Å². The van der Waals surface area contributed by atoms with E-state index in [-0.39, 0.29) is 11.0 Å². The smallest absolute Gasteiger partial charge is 0.123 e. The first kappa shape index (κ1) is 12.6. The standard InChI is InChI=1S/C14H25N3/c1-13(2,3)11-9-15-12-10-16(14(4,5)6)7-8-17(11)12/h9H,7-8,10H2,1-6H3. The van der Waals surface area contributed by atoms with Crippen LogP contribution in [0.25, 0.3) is 0 Å². The highest BCUT2D eigenvalue weighted by atomic mass is 15.3. The number of imidazole rings is 1. The quantitative estimate of drug-likeness (QED) is 0.689. The molecule has 1 aromatic rings. The van der Waals surface area contributed by atoms with Gasteiger partial charge >= 0.3 is 0 Å². The van der Waals surface area contributed by atoms with Crippen molar-refractivity contribution in [2.75, 3.05) is 6.54 Å². The predicted octanol–water partition coefficient (Wildman–Crippen LogP) is 2.79. The molecule has 1 aliphatic heterocycles. The fourth-order valence-corrected chi connectivity index (χ4v) is 2.43. The van der Waals surface area contributed by atoms with Crippen molar-refractivity contribution in [2.24, 2.45) is 0 Å². The summed E-state index contributed by atoms with van der Waals surface area (Å²) in [6, 6.07) is 0. The summed E-state index contributed by atoms with van der Waals surface area (Å²) >= 11 is 0. The molecule has 3 nitrogen and oxygen atoms in total. The number of hydrogen-bond donors (Lipinski definition) is 0. The first-order valence-corrected chi connectivity index (χ1v) is 6.49. The fourth-order valence-electron chi connectivity index (χ4n) is 2.43. The normalized spacial score (nSPS) is 18.2. The summed E-state index contributed by atoms with van der Waals surface area (Å²) in [5.41, 5.74) is 1.79. The highest BCUT2D eigenvalue weighted by molar-refractivity contribution is 5.16. The molecule has 0 saturated heterocycles. The summed E-state index contributed by atoms with van der Waals surface area (Å²) in [7, 11) is 0. The molecule has 0 aliphatic carbocycles. The molecule has 0 amide bonds. The second-order valence-electron chi connectivity index (χ2n) is 7.05. The fraction of sp³-hybridized carbons (Fsp3) is 0.786. The molecule has 0 saturated carbocycles. The number of fused-ring (bicyclic) bond motifs is 1. The van der Waals surface area contributed by atoms with Crippen LogP contribution in [0.5, 0.6) is 0 Å². The Morgan fingerprint density at radius 2 is 1.71 bits per heavy atom. The Hall–Kier alpha value is -0.830. The van der Waals surface area contributed by atoms with Crippen molar-refractivity contribution in [3.63, 3.8) is 0 Å². The number of hydrogen-bond acceptors (Lipinski definition) is 2. The van der Waals surface area contributed by atoms with Crippen LogP contribution in [-0.2, 0) is 18.5 Å². The second kappa shape index (κ2) is 3.84. The van der Waals surface area contributed by atoms with E-state index in [2.05, 4.69) is 62.2 Å². The van der Waals surface area contributed by atoms with Crippen LogP contribution >= 0.6 is 0 Å². The van der Waals surface area contributed by atoms with Gasteiger partial charge in [-0.3, -0.25) is 4.90 Å². The third-order valence-electron chi connectivity index (χ3n) is 3.58. The van der Waals surface area contributed by atoms with Crippen molar-refractivity contribution in [1.29, 1.82) is 0 Å². The molecule has 0 N–H and O–H groups in total. The van der Waals surface area contributed by atoms with Gasteiger partial charge in [0.05, 0.1) is 6.54 Å². The molecule has 0 aromatic carbocycles. The van der Waals surface area contributed by atoms with Gasteiger partial charge in [0, 0.05) is 35.9 Å². The lowest BCUT2D eigenvalue weighted by molar-refractivity contribution is 0.0987. The van der Waals surface area contributed by atoms with Crippen LogP contribution in [0.4, 0.5) is 0 Å². The molecule has 0 spiro atoms. The molecule has 0 unspecified atom stereocenters. The first-order valence-electron chi connectivity index (χ1n) is 6.49. The van der Waals surface area contributed by atoms with Gasteiger partial charge in [-0.05, 0) is 20.8 Å². The van der Waals surface area contributed by atoms with Crippen molar-refractivity contribution >= 4 is 0 Å². The average Bonchev–Trinajstić information content (AvgIpc) is 2.57. The van der Waals surface area contributed by atoms with E-state index in [0.717, 1.165) is 19.6 Å². The van der Waals surface area contributed by atoms with Gasteiger partial charge in [-0.15, -0.1) is 0 Å². The van der Waals surface area contributed by atoms with Crippen molar-refractivity contribution in [3.05, 3.63) is 17.7 Å². The lowest BCUT2D eigenvalue weighted by Crippen LogP contribution is -2.46. The minimum absolute atomic E-state index is 0.190. The summed E-state index contributed by atoms with van der Waals surface area (Å²) in [4.78, 5) is 7.11. The van der Waals surface area contributed by atoms with Crippen LogP contribution < -0.4 is 0 Å². The van der Waals surface area contributed by atoms with Gasteiger partial charge in [-0.25, -0.2) is 4.98 Å². The summed E-state index contributed by atoms with van der Waals surface area (Å²) < 4.78 is 2.41. The van der Waals surface area contributed by atoms with Crippen LogP contribution in [0.3, 0.4) is 0 Å². The monoisotopic (exact) mass is 235 g/mol. The molecule has 0 atom stereocenters. The topological polar surface area (TPSA) is 21.1 Å². The van der Waals surface area contributed by atoms with Gasteiger partial charge in [-0.2, -0.15) is 0 Å². The van der Waals surface area contributed by atoms with Crippen molar-refractivity contribution in [1.82, 2.24) is 14.5 Å². The number of rotatable bonds is 0. The lowest BCUT2D eigenvalue weighted by Gasteiger charge is -2.39. The zero-order valence-electron chi connectivity index (χ0n) is 12.0. The molecular formula is C14H25N3. The third kappa shape index (κ3) is 2.39. The maximum Gasteiger partial charge on any atom is 0.123 e. The van der Waals surface area contributed by atoms with E-state index in [0.29, 0.717) is 0 Å². The third-order valence-corrected chi connectivity index (χ3v) is 3.58. The van der Waals surface area contributed by atoms with E-state index >= 15 is 0 Å². The number of nitrogens with zero attached hydrogens (tertiary/aromatic N) is 3.